The minimum absolute atomic E-state index is 0.861. The van der Waals surface area contributed by atoms with Gasteiger partial charge in [-0.05, 0) is 36.4 Å². The van der Waals surface area contributed by atoms with Crippen LogP contribution in [-0.4, -0.2) is 16.5 Å². The summed E-state index contributed by atoms with van der Waals surface area (Å²) in [5.74, 6) is 0.861. The molecule has 0 aliphatic heterocycles. The van der Waals surface area contributed by atoms with Crippen LogP contribution in [0.25, 0.3) is 26.4 Å². The summed E-state index contributed by atoms with van der Waals surface area (Å²) in [7, 11) is 1.67. The number of thiazole rings is 1. The molecule has 4 rings (SSSR count). The molecule has 2 aromatic heterocycles. The summed E-state index contributed by atoms with van der Waals surface area (Å²) in [4.78, 5) is 5.74. The van der Waals surface area contributed by atoms with Crippen molar-refractivity contribution in [2.75, 3.05) is 7.11 Å². The van der Waals surface area contributed by atoms with Gasteiger partial charge in [-0.2, -0.15) is 0 Å². The fourth-order valence-corrected chi connectivity index (χ4v) is 3.36. The highest BCUT2D eigenvalue weighted by Crippen LogP contribution is 2.29. The van der Waals surface area contributed by atoms with Gasteiger partial charge in [0, 0.05) is 11.8 Å². The Morgan fingerprint density at radius 1 is 1.05 bits per heavy atom. The third-order valence-corrected chi connectivity index (χ3v) is 4.42. The molecule has 0 fully saturated rings. The monoisotopic (exact) mass is 280 g/mol. The fraction of sp³-hybridized carbons (Fsp3) is 0.0625. The zero-order valence-electron chi connectivity index (χ0n) is 10.9. The number of imidazole rings is 1. The number of fused-ring (bicyclic) bond motifs is 3. The Labute approximate surface area is 120 Å². The van der Waals surface area contributed by atoms with E-state index in [9.17, 15) is 0 Å². The fourth-order valence-electron chi connectivity index (χ4n) is 2.35. The molecule has 0 aliphatic carbocycles. The van der Waals surface area contributed by atoms with E-state index in [1.165, 1.54) is 10.2 Å². The predicted octanol–water partition coefficient (Wildman–Crippen LogP) is 4.22. The van der Waals surface area contributed by atoms with Crippen molar-refractivity contribution in [3.63, 3.8) is 0 Å². The number of hydrogen-bond acceptors (Lipinski definition) is 3. The number of methoxy groups -OCH3 is 1. The first-order valence-corrected chi connectivity index (χ1v) is 7.18. The van der Waals surface area contributed by atoms with E-state index in [1.807, 2.05) is 24.3 Å². The lowest BCUT2D eigenvalue weighted by atomic mass is 10.2. The summed E-state index contributed by atoms with van der Waals surface area (Å²) in [6.45, 7) is 0. The van der Waals surface area contributed by atoms with Crippen LogP contribution in [0.3, 0.4) is 0 Å². The molecule has 0 atom stereocenters. The van der Waals surface area contributed by atoms with Gasteiger partial charge in [-0.25, -0.2) is 4.98 Å². The molecule has 0 bridgehead atoms. The van der Waals surface area contributed by atoms with Crippen molar-refractivity contribution in [1.29, 1.82) is 0 Å². The Bertz CT molecular complexity index is 890. The SMILES string of the molecule is COc1ccc(-c2cn3c(n2)sc2ccccc23)cc1. The number of benzene rings is 2. The number of para-hydroxylation sites is 1. The van der Waals surface area contributed by atoms with Crippen LogP contribution in [0.1, 0.15) is 0 Å². The first kappa shape index (κ1) is 11.5. The molecule has 0 unspecified atom stereocenters. The number of hydrogen-bond donors (Lipinski definition) is 0. The lowest BCUT2D eigenvalue weighted by molar-refractivity contribution is 0.415. The Morgan fingerprint density at radius 3 is 2.65 bits per heavy atom. The van der Waals surface area contributed by atoms with E-state index in [0.717, 1.165) is 22.0 Å². The summed E-state index contributed by atoms with van der Waals surface area (Å²) in [5.41, 5.74) is 3.30. The summed E-state index contributed by atoms with van der Waals surface area (Å²) >= 11 is 1.71. The van der Waals surface area contributed by atoms with Gasteiger partial charge in [0.2, 0.25) is 0 Å². The highest BCUT2D eigenvalue weighted by atomic mass is 32.1. The van der Waals surface area contributed by atoms with Gasteiger partial charge in [0.15, 0.2) is 4.96 Å². The van der Waals surface area contributed by atoms with Gasteiger partial charge in [0.25, 0.3) is 0 Å². The van der Waals surface area contributed by atoms with Crippen LogP contribution >= 0.6 is 11.3 Å². The molecule has 20 heavy (non-hydrogen) atoms. The van der Waals surface area contributed by atoms with Crippen LogP contribution < -0.4 is 4.74 Å². The Balaban J connectivity index is 1.87. The third kappa shape index (κ3) is 1.69. The smallest absolute Gasteiger partial charge is 0.195 e. The maximum atomic E-state index is 5.18. The van der Waals surface area contributed by atoms with Crippen LogP contribution in [0.15, 0.2) is 54.7 Å². The number of aromatic nitrogens is 2. The minimum Gasteiger partial charge on any atom is -0.497 e. The summed E-state index contributed by atoms with van der Waals surface area (Å²) < 4.78 is 8.60. The maximum absolute atomic E-state index is 5.18. The first-order chi connectivity index (χ1) is 9.85. The van der Waals surface area contributed by atoms with Crippen molar-refractivity contribution in [3.8, 4) is 17.0 Å². The molecule has 0 N–H and O–H groups in total. The van der Waals surface area contributed by atoms with Gasteiger partial charge < -0.3 is 4.74 Å². The molecule has 0 aliphatic rings. The molecule has 0 radical (unpaired) electrons. The van der Waals surface area contributed by atoms with Crippen molar-refractivity contribution in [1.82, 2.24) is 9.38 Å². The van der Waals surface area contributed by atoms with E-state index in [2.05, 4.69) is 34.9 Å². The quantitative estimate of drug-likeness (QED) is 0.549. The van der Waals surface area contributed by atoms with Crippen LogP contribution in [-0.2, 0) is 0 Å². The van der Waals surface area contributed by atoms with Crippen molar-refractivity contribution < 1.29 is 4.74 Å². The second-order valence-corrected chi connectivity index (χ2v) is 5.59. The van der Waals surface area contributed by atoms with Crippen LogP contribution in [0.2, 0.25) is 0 Å². The Morgan fingerprint density at radius 2 is 1.85 bits per heavy atom. The second kappa shape index (κ2) is 4.35. The van der Waals surface area contributed by atoms with Crippen LogP contribution in [0.5, 0.6) is 5.75 Å². The second-order valence-electron chi connectivity index (χ2n) is 4.58. The van der Waals surface area contributed by atoms with E-state index >= 15 is 0 Å². The highest BCUT2D eigenvalue weighted by Gasteiger charge is 2.09. The zero-order chi connectivity index (χ0) is 13.5. The third-order valence-electron chi connectivity index (χ3n) is 3.39. The molecule has 0 amide bonds. The maximum Gasteiger partial charge on any atom is 0.195 e. The van der Waals surface area contributed by atoms with Gasteiger partial charge in [-0.1, -0.05) is 23.5 Å². The van der Waals surface area contributed by atoms with Gasteiger partial charge in [-0.3, -0.25) is 4.40 Å². The van der Waals surface area contributed by atoms with Crippen molar-refractivity contribution in [2.45, 2.75) is 0 Å². The molecule has 0 spiro atoms. The largest absolute Gasteiger partial charge is 0.497 e. The van der Waals surface area contributed by atoms with Crippen molar-refractivity contribution in [2.24, 2.45) is 0 Å². The summed E-state index contributed by atoms with van der Waals surface area (Å²) in [5, 5.41) is 0. The average Bonchev–Trinajstić information content (AvgIpc) is 3.05. The molecule has 3 nitrogen and oxygen atoms in total. The van der Waals surface area contributed by atoms with E-state index in [1.54, 1.807) is 18.4 Å². The summed E-state index contributed by atoms with van der Waals surface area (Å²) in [6.07, 6.45) is 2.09. The normalized spacial score (nSPS) is 11.2. The molecular formula is C16H12N2OS. The Kier molecular flexibility index (Phi) is 2.50. The molecule has 4 aromatic rings. The molecule has 0 saturated heterocycles. The van der Waals surface area contributed by atoms with Gasteiger partial charge in [0.1, 0.15) is 5.75 Å². The molecule has 0 saturated carbocycles. The lowest BCUT2D eigenvalue weighted by Crippen LogP contribution is -1.82. The van der Waals surface area contributed by atoms with E-state index in [-0.39, 0.29) is 0 Å². The molecule has 98 valence electrons. The number of rotatable bonds is 2. The lowest BCUT2D eigenvalue weighted by Gasteiger charge is -2.00. The zero-order valence-corrected chi connectivity index (χ0v) is 11.7. The highest BCUT2D eigenvalue weighted by molar-refractivity contribution is 7.23. The average molecular weight is 280 g/mol. The number of ether oxygens (including phenoxy) is 1. The van der Waals surface area contributed by atoms with Crippen molar-refractivity contribution >= 4 is 26.5 Å². The van der Waals surface area contributed by atoms with E-state index in [0.29, 0.717) is 0 Å². The molecule has 2 aromatic carbocycles. The van der Waals surface area contributed by atoms with E-state index < -0.39 is 0 Å². The first-order valence-electron chi connectivity index (χ1n) is 6.36. The van der Waals surface area contributed by atoms with Gasteiger partial charge in [0.05, 0.1) is 23.0 Å². The predicted molar refractivity (Wildman–Crippen MR) is 82.6 cm³/mol. The minimum atomic E-state index is 0.861. The summed E-state index contributed by atoms with van der Waals surface area (Å²) in [6, 6.07) is 16.4. The van der Waals surface area contributed by atoms with Crippen molar-refractivity contribution in [3.05, 3.63) is 54.7 Å². The molecular weight excluding hydrogens is 268 g/mol. The topological polar surface area (TPSA) is 26.5 Å². The standard InChI is InChI=1S/C16H12N2OS/c1-19-12-8-6-11(7-9-12)13-10-18-14-4-2-3-5-15(14)20-16(18)17-13/h2-10H,1H3. The molecule has 2 heterocycles. The van der Waals surface area contributed by atoms with Gasteiger partial charge in [-0.15, -0.1) is 0 Å². The number of nitrogens with zero attached hydrogens (tertiary/aromatic N) is 2. The molecule has 4 heteroatoms. The van der Waals surface area contributed by atoms with E-state index in [4.69, 9.17) is 9.72 Å². The van der Waals surface area contributed by atoms with Gasteiger partial charge >= 0.3 is 0 Å². The van der Waals surface area contributed by atoms with Crippen LogP contribution in [0.4, 0.5) is 0 Å². The Hall–Kier alpha value is -2.33. The van der Waals surface area contributed by atoms with Crippen LogP contribution in [0, 0.1) is 0 Å².